The molecule has 0 amide bonds. The van der Waals surface area contributed by atoms with Crippen LogP contribution in [0.4, 0.5) is 0 Å². The Morgan fingerprint density at radius 1 is 1.38 bits per heavy atom. The quantitative estimate of drug-likeness (QED) is 0.877. The van der Waals surface area contributed by atoms with E-state index < -0.39 is 0 Å². The van der Waals surface area contributed by atoms with Gasteiger partial charge in [-0.1, -0.05) is 6.07 Å². The minimum atomic E-state index is 0.226. The molecule has 0 aliphatic rings. The van der Waals surface area contributed by atoms with Crippen LogP contribution in [0.1, 0.15) is 24.4 Å². The maximum Gasteiger partial charge on any atom is 0.164 e. The molecule has 0 radical (unpaired) electrons. The lowest BCUT2D eigenvalue weighted by molar-refractivity contribution is 0.442. The first-order valence-electron chi connectivity index (χ1n) is 5.14. The maximum absolute atomic E-state index is 5.47. The van der Waals surface area contributed by atoms with Crippen LogP contribution in [0.3, 0.4) is 0 Å². The second-order valence-corrected chi connectivity index (χ2v) is 4.63. The van der Waals surface area contributed by atoms with Gasteiger partial charge < -0.3 is 9.73 Å². The number of rotatable bonds is 4. The van der Waals surface area contributed by atoms with E-state index in [4.69, 9.17) is 4.42 Å². The maximum atomic E-state index is 5.47. The molecule has 0 fully saturated rings. The molecule has 3 nitrogen and oxygen atoms in total. The summed E-state index contributed by atoms with van der Waals surface area (Å²) in [7, 11) is 0. The van der Waals surface area contributed by atoms with E-state index in [2.05, 4.69) is 39.8 Å². The summed E-state index contributed by atoms with van der Waals surface area (Å²) in [6.45, 7) is 2.82. The molecule has 4 heteroatoms. The second-order valence-electron chi connectivity index (χ2n) is 3.56. The molecule has 84 valence electrons. The van der Waals surface area contributed by atoms with Gasteiger partial charge in [0.05, 0.1) is 12.2 Å². The van der Waals surface area contributed by atoms with Gasteiger partial charge in [0.25, 0.3) is 0 Å². The minimum absolute atomic E-state index is 0.226. The Kier molecular flexibility index (Phi) is 3.95. The lowest BCUT2D eigenvalue weighted by Crippen LogP contribution is -2.18. The summed E-state index contributed by atoms with van der Waals surface area (Å²) >= 11 is 2.16. The predicted octanol–water partition coefficient (Wildman–Crippen LogP) is 3.13. The van der Waals surface area contributed by atoms with Gasteiger partial charge in [-0.2, -0.15) is 0 Å². The molecule has 1 N–H and O–H groups in total. The molecule has 0 saturated carbocycles. The highest BCUT2D eigenvalue weighted by atomic mass is 127. The van der Waals surface area contributed by atoms with Crippen molar-refractivity contribution in [3.63, 3.8) is 0 Å². The normalized spacial score (nSPS) is 12.6. The van der Waals surface area contributed by atoms with Crippen molar-refractivity contribution in [1.29, 1.82) is 0 Å². The van der Waals surface area contributed by atoms with Gasteiger partial charge in [-0.15, -0.1) is 0 Å². The van der Waals surface area contributed by atoms with Crippen molar-refractivity contribution in [2.45, 2.75) is 19.5 Å². The van der Waals surface area contributed by atoms with Gasteiger partial charge in [0.15, 0.2) is 3.77 Å². The molecule has 2 heterocycles. The summed E-state index contributed by atoms with van der Waals surface area (Å²) in [6, 6.07) is 10.1. The molecule has 1 unspecified atom stereocenters. The van der Waals surface area contributed by atoms with Crippen LogP contribution in [0.2, 0.25) is 0 Å². The van der Waals surface area contributed by atoms with Crippen molar-refractivity contribution in [2.24, 2.45) is 0 Å². The number of furan rings is 1. The standard InChI is InChI=1S/C12H13IN2O/c1-9(11-4-2-3-7-14-11)15-8-10-5-6-12(13)16-10/h2-7,9,15H,8H2,1H3. The molecular weight excluding hydrogens is 315 g/mol. The van der Waals surface area contributed by atoms with E-state index in [0.717, 1.165) is 21.8 Å². The van der Waals surface area contributed by atoms with Crippen LogP contribution in [0.15, 0.2) is 40.9 Å². The van der Waals surface area contributed by atoms with Crippen LogP contribution in [-0.2, 0) is 6.54 Å². The monoisotopic (exact) mass is 328 g/mol. The average molecular weight is 328 g/mol. The Labute approximate surface area is 108 Å². The third kappa shape index (κ3) is 3.05. The van der Waals surface area contributed by atoms with Gasteiger partial charge in [-0.3, -0.25) is 4.98 Å². The molecule has 2 aromatic heterocycles. The molecule has 2 rings (SSSR count). The predicted molar refractivity (Wildman–Crippen MR) is 70.9 cm³/mol. The van der Waals surface area contributed by atoms with E-state index in [9.17, 15) is 0 Å². The van der Waals surface area contributed by atoms with Crippen LogP contribution < -0.4 is 5.32 Å². The fourth-order valence-corrected chi connectivity index (χ4v) is 1.90. The van der Waals surface area contributed by atoms with Gasteiger partial charge in [0, 0.05) is 12.2 Å². The topological polar surface area (TPSA) is 38.1 Å². The fraction of sp³-hybridized carbons (Fsp3) is 0.250. The third-order valence-electron chi connectivity index (χ3n) is 2.34. The van der Waals surface area contributed by atoms with E-state index in [0.29, 0.717) is 0 Å². The summed E-state index contributed by atoms with van der Waals surface area (Å²) < 4.78 is 6.39. The summed E-state index contributed by atoms with van der Waals surface area (Å²) in [4.78, 5) is 4.30. The van der Waals surface area contributed by atoms with Crippen molar-refractivity contribution in [3.05, 3.63) is 51.7 Å². The van der Waals surface area contributed by atoms with Gasteiger partial charge in [-0.05, 0) is 53.8 Å². The highest BCUT2D eigenvalue weighted by Gasteiger charge is 2.06. The second kappa shape index (κ2) is 5.45. The van der Waals surface area contributed by atoms with Crippen molar-refractivity contribution in [1.82, 2.24) is 10.3 Å². The van der Waals surface area contributed by atoms with Crippen molar-refractivity contribution < 1.29 is 4.42 Å². The summed E-state index contributed by atoms with van der Waals surface area (Å²) in [5.74, 6) is 0.951. The van der Waals surface area contributed by atoms with E-state index >= 15 is 0 Å². The Bertz CT molecular complexity index is 441. The highest BCUT2D eigenvalue weighted by molar-refractivity contribution is 14.1. The summed E-state index contributed by atoms with van der Waals surface area (Å²) in [5.41, 5.74) is 1.05. The lowest BCUT2D eigenvalue weighted by atomic mass is 10.2. The van der Waals surface area contributed by atoms with E-state index in [1.165, 1.54) is 0 Å². The van der Waals surface area contributed by atoms with Crippen LogP contribution in [0.5, 0.6) is 0 Å². The molecule has 2 aromatic rings. The molecular formula is C12H13IN2O. The number of pyridine rings is 1. The number of nitrogens with one attached hydrogen (secondary N) is 1. The molecule has 0 saturated heterocycles. The first kappa shape index (κ1) is 11.6. The first-order valence-corrected chi connectivity index (χ1v) is 6.22. The van der Waals surface area contributed by atoms with Crippen LogP contribution in [0.25, 0.3) is 0 Å². The van der Waals surface area contributed by atoms with Gasteiger partial charge in [0.2, 0.25) is 0 Å². The van der Waals surface area contributed by atoms with E-state index in [1.54, 1.807) is 0 Å². The molecule has 0 spiro atoms. The molecule has 16 heavy (non-hydrogen) atoms. The Morgan fingerprint density at radius 3 is 2.88 bits per heavy atom. The lowest BCUT2D eigenvalue weighted by Gasteiger charge is -2.11. The number of hydrogen-bond acceptors (Lipinski definition) is 3. The van der Waals surface area contributed by atoms with Crippen molar-refractivity contribution in [3.8, 4) is 0 Å². The fourth-order valence-electron chi connectivity index (χ4n) is 1.44. The largest absolute Gasteiger partial charge is 0.454 e. The number of hydrogen-bond donors (Lipinski definition) is 1. The summed E-state index contributed by atoms with van der Waals surface area (Å²) in [5, 5.41) is 3.37. The minimum Gasteiger partial charge on any atom is -0.454 e. The Balaban J connectivity index is 1.91. The summed E-state index contributed by atoms with van der Waals surface area (Å²) in [6.07, 6.45) is 1.81. The van der Waals surface area contributed by atoms with E-state index in [-0.39, 0.29) is 6.04 Å². The molecule has 0 aliphatic carbocycles. The van der Waals surface area contributed by atoms with E-state index in [1.807, 2.05) is 36.5 Å². The number of aromatic nitrogens is 1. The van der Waals surface area contributed by atoms with Gasteiger partial charge in [-0.25, -0.2) is 0 Å². The molecule has 0 bridgehead atoms. The van der Waals surface area contributed by atoms with Crippen molar-refractivity contribution in [2.75, 3.05) is 0 Å². The molecule has 0 aromatic carbocycles. The SMILES string of the molecule is CC(NCc1ccc(I)o1)c1ccccn1. The Morgan fingerprint density at radius 2 is 2.25 bits per heavy atom. The first-order chi connectivity index (χ1) is 7.75. The zero-order valence-electron chi connectivity index (χ0n) is 8.98. The van der Waals surface area contributed by atoms with Crippen LogP contribution in [0, 0.1) is 3.77 Å². The average Bonchev–Trinajstić information content (AvgIpc) is 2.73. The molecule has 0 aliphatic heterocycles. The smallest absolute Gasteiger partial charge is 0.164 e. The third-order valence-corrected chi connectivity index (χ3v) is 2.92. The highest BCUT2D eigenvalue weighted by Crippen LogP contribution is 2.12. The Hall–Kier alpha value is -0.880. The van der Waals surface area contributed by atoms with Crippen LogP contribution >= 0.6 is 22.6 Å². The zero-order valence-corrected chi connectivity index (χ0v) is 11.1. The zero-order chi connectivity index (χ0) is 11.4. The van der Waals surface area contributed by atoms with Crippen molar-refractivity contribution >= 4 is 22.6 Å². The van der Waals surface area contributed by atoms with Crippen LogP contribution in [-0.4, -0.2) is 4.98 Å². The van der Waals surface area contributed by atoms with Gasteiger partial charge in [0.1, 0.15) is 5.76 Å². The van der Waals surface area contributed by atoms with Gasteiger partial charge >= 0.3 is 0 Å². The molecule has 1 atom stereocenters. The number of nitrogens with zero attached hydrogens (tertiary/aromatic N) is 1. The number of halogens is 1.